The molecule has 1 N–H and O–H groups in total. The smallest absolute Gasteiger partial charge is 0.149 e. The first-order valence-corrected chi connectivity index (χ1v) is 6.72. The van der Waals surface area contributed by atoms with Crippen molar-refractivity contribution in [3.05, 3.63) is 47.0 Å². The molecule has 19 heavy (non-hydrogen) atoms. The molecule has 0 spiro atoms. The molecular weight excluding hydrogens is 270 g/mol. The predicted molar refractivity (Wildman–Crippen MR) is 73.4 cm³/mol. The van der Waals surface area contributed by atoms with Crippen LogP contribution in [0, 0.1) is 11.6 Å². The third-order valence-corrected chi connectivity index (χ3v) is 3.69. The molecule has 1 heterocycles. The highest BCUT2D eigenvalue weighted by atomic mass is 35.5. The molecule has 0 aliphatic carbocycles. The van der Waals surface area contributed by atoms with E-state index in [-0.39, 0.29) is 16.6 Å². The van der Waals surface area contributed by atoms with Gasteiger partial charge in [0.05, 0.1) is 5.02 Å². The van der Waals surface area contributed by atoms with Crippen LogP contribution < -0.4 is 5.32 Å². The van der Waals surface area contributed by atoms with Crippen LogP contribution in [0.3, 0.4) is 0 Å². The van der Waals surface area contributed by atoms with Gasteiger partial charge in [0.15, 0.2) is 0 Å². The Bertz CT molecular complexity index is 459. The van der Waals surface area contributed by atoms with Gasteiger partial charge in [0, 0.05) is 37.8 Å². The monoisotopic (exact) mass is 286 g/mol. The van der Waals surface area contributed by atoms with Crippen molar-refractivity contribution in [2.45, 2.75) is 12.5 Å². The highest BCUT2D eigenvalue weighted by Gasteiger charge is 2.27. The molecule has 104 valence electrons. The second-order valence-electron chi connectivity index (χ2n) is 4.58. The van der Waals surface area contributed by atoms with E-state index < -0.39 is 11.6 Å². The summed E-state index contributed by atoms with van der Waals surface area (Å²) in [6, 6.07) is 2.12. The van der Waals surface area contributed by atoms with Gasteiger partial charge in [0.25, 0.3) is 0 Å². The minimum absolute atomic E-state index is 0.0411. The SMILES string of the molecule is C=CC[C@@H](c1c(F)ccc(Cl)c1F)N1CCNCC1. The van der Waals surface area contributed by atoms with E-state index in [1.165, 1.54) is 12.1 Å². The van der Waals surface area contributed by atoms with Crippen LogP contribution in [0.15, 0.2) is 24.8 Å². The lowest BCUT2D eigenvalue weighted by Crippen LogP contribution is -2.45. The summed E-state index contributed by atoms with van der Waals surface area (Å²) < 4.78 is 28.1. The molecule has 0 bridgehead atoms. The Morgan fingerprint density at radius 1 is 1.37 bits per heavy atom. The molecule has 1 aliphatic rings. The van der Waals surface area contributed by atoms with Crippen LogP contribution in [0.4, 0.5) is 8.78 Å². The Labute approximate surface area is 117 Å². The van der Waals surface area contributed by atoms with Gasteiger partial charge in [-0.1, -0.05) is 17.7 Å². The zero-order valence-corrected chi connectivity index (χ0v) is 11.4. The number of benzene rings is 1. The van der Waals surface area contributed by atoms with Gasteiger partial charge in [0.1, 0.15) is 11.6 Å². The molecule has 0 saturated carbocycles. The van der Waals surface area contributed by atoms with Crippen molar-refractivity contribution < 1.29 is 8.78 Å². The Morgan fingerprint density at radius 2 is 2.05 bits per heavy atom. The van der Waals surface area contributed by atoms with Crippen LogP contribution in [0.25, 0.3) is 0 Å². The average molecular weight is 287 g/mol. The number of nitrogens with zero attached hydrogens (tertiary/aromatic N) is 1. The van der Waals surface area contributed by atoms with E-state index in [1.54, 1.807) is 6.08 Å². The van der Waals surface area contributed by atoms with Crippen molar-refractivity contribution in [1.82, 2.24) is 10.2 Å². The van der Waals surface area contributed by atoms with Crippen molar-refractivity contribution >= 4 is 11.6 Å². The Kier molecular flexibility index (Phi) is 4.91. The fraction of sp³-hybridized carbons (Fsp3) is 0.429. The van der Waals surface area contributed by atoms with Gasteiger partial charge in [0.2, 0.25) is 0 Å². The molecule has 1 aromatic rings. The first-order chi connectivity index (χ1) is 9.15. The lowest BCUT2D eigenvalue weighted by molar-refractivity contribution is 0.168. The summed E-state index contributed by atoms with van der Waals surface area (Å²) in [6.07, 6.45) is 2.18. The Balaban J connectivity index is 2.37. The third-order valence-electron chi connectivity index (χ3n) is 3.39. The summed E-state index contributed by atoms with van der Waals surface area (Å²) in [5.74, 6) is -1.21. The molecule has 1 aliphatic heterocycles. The fourth-order valence-electron chi connectivity index (χ4n) is 2.45. The minimum atomic E-state index is -0.660. The molecule has 0 radical (unpaired) electrons. The molecule has 0 unspecified atom stereocenters. The van der Waals surface area contributed by atoms with E-state index in [4.69, 9.17) is 11.6 Å². The lowest BCUT2D eigenvalue weighted by Gasteiger charge is -2.35. The van der Waals surface area contributed by atoms with Crippen molar-refractivity contribution in [3.63, 3.8) is 0 Å². The number of rotatable bonds is 4. The summed E-state index contributed by atoms with van der Waals surface area (Å²) in [5, 5.41) is 3.18. The lowest BCUT2D eigenvalue weighted by atomic mass is 10.00. The molecule has 2 rings (SSSR count). The number of hydrogen-bond donors (Lipinski definition) is 1. The molecule has 0 amide bonds. The van der Waals surface area contributed by atoms with Crippen LogP contribution in [0.1, 0.15) is 18.0 Å². The maximum absolute atomic E-state index is 14.1. The van der Waals surface area contributed by atoms with Gasteiger partial charge < -0.3 is 5.32 Å². The Hall–Kier alpha value is -0.970. The molecule has 1 aromatic carbocycles. The fourth-order valence-corrected chi connectivity index (χ4v) is 2.61. The van der Waals surface area contributed by atoms with Crippen LogP contribution in [0.5, 0.6) is 0 Å². The summed E-state index contributed by atoms with van der Waals surface area (Å²) in [4.78, 5) is 2.07. The second kappa shape index (κ2) is 6.46. The molecule has 1 fully saturated rings. The molecule has 5 heteroatoms. The number of nitrogens with one attached hydrogen (secondary N) is 1. The van der Waals surface area contributed by atoms with E-state index >= 15 is 0 Å². The molecule has 1 saturated heterocycles. The van der Waals surface area contributed by atoms with Crippen molar-refractivity contribution in [2.24, 2.45) is 0 Å². The van der Waals surface area contributed by atoms with Crippen molar-refractivity contribution in [2.75, 3.05) is 26.2 Å². The van der Waals surface area contributed by atoms with E-state index in [9.17, 15) is 8.78 Å². The zero-order valence-electron chi connectivity index (χ0n) is 10.6. The largest absolute Gasteiger partial charge is 0.314 e. The van der Waals surface area contributed by atoms with E-state index in [0.717, 1.165) is 26.2 Å². The van der Waals surface area contributed by atoms with Crippen LogP contribution >= 0.6 is 11.6 Å². The second-order valence-corrected chi connectivity index (χ2v) is 4.99. The van der Waals surface area contributed by atoms with Gasteiger partial charge in [-0.05, 0) is 18.6 Å². The summed E-state index contributed by atoms with van der Waals surface area (Å²) in [7, 11) is 0. The summed E-state index contributed by atoms with van der Waals surface area (Å²) in [6.45, 7) is 6.82. The van der Waals surface area contributed by atoms with Crippen molar-refractivity contribution in [3.8, 4) is 0 Å². The standard InChI is InChI=1S/C14H17ClF2N2/c1-2-3-12(19-8-6-18-7-9-19)13-11(16)5-4-10(15)14(13)17/h2,4-5,12,18H,1,3,6-9H2/t12-/m0/s1. The van der Waals surface area contributed by atoms with Crippen molar-refractivity contribution in [1.29, 1.82) is 0 Å². The highest BCUT2D eigenvalue weighted by molar-refractivity contribution is 6.30. The van der Waals surface area contributed by atoms with Crippen LogP contribution in [0.2, 0.25) is 5.02 Å². The predicted octanol–water partition coefficient (Wildman–Crippen LogP) is 3.14. The van der Waals surface area contributed by atoms with Crippen LogP contribution in [-0.4, -0.2) is 31.1 Å². The first-order valence-electron chi connectivity index (χ1n) is 6.34. The van der Waals surface area contributed by atoms with Gasteiger partial charge in [-0.3, -0.25) is 4.90 Å². The first kappa shape index (κ1) is 14.4. The summed E-state index contributed by atoms with van der Waals surface area (Å²) >= 11 is 5.77. The Morgan fingerprint density at radius 3 is 2.68 bits per heavy atom. The molecule has 1 atom stereocenters. The van der Waals surface area contributed by atoms with Gasteiger partial charge in [-0.25, -0.2) is 8.78 Å². The molecule has 0 aromatic heterocycles. The van der Waals surface area contributed by atoms with Crippen LogP contribution in [-0.2, 0) is 0 Å². The maximum Gasteiger partial charge on any atom is 0.149 e. The minimum Gasteiger partial charge on any atom is -0.314 e. The van der Waals surface area contributed by atoms with E-state index in [2.05, 4.69) is 16.8 Å². The molecule has 2 nitrogen and oxygen atoms in total. The summed E-state index contributed by atoms with van der Waals surface area (Å²) in [5.41, 5.74) is 0.0503. The zero-order chi connectivity index (χ0) is 13.8. The third kappa shape index (κ3) is 3.14. The average Bonchev–Trinajstić information content (AvgIpc) is 2.43. The number of hydrogen-bond acceptors (Lipinski definition) is 2. The highest BCUT2D eigenvalue weighted by Crippen LogP contribution is 2.32. The van der Waals surface area contributed by atoms with Gasteiger partial charge >= 0.3 is 0 Å². The number of halogens is 3. The van der Waals surface area contributed by atoms with Gasteiger partial charge in [-0.2, -0.15) is 0 Å². The van der Waals surface area contributed by atoms with Gasteiger partial charge in [-0.15, -0.1) is 6.58 Å². The quantitative estimate of drug-likeness (QED) is 0.676. The van der Waals surface area contributed by atoms with E-state index in [0.29, 0.717) is 6.42 Å². The topological polar surface area (TPSA) is 15.3 Å². The maximum atomic E-state index is 14.1. The van der Waals surface area contributed by atoms with E-state index in [1.807, 2.05) is 0 Å². The normalized spacial score (nSPS) is 18.3. The number of piperazine rings is 1. The molecular formula is C14H17ClF2N2.